The molecule has 1 aliphatic heterocycles. The third-order valence-electron chi connectivity index (χ3n) is 14.3. The number of fused-ring (bicyclic) bond motifs is 2. The minimum Gasteiger partial charge on any atom is -0.507 e. The number of hydrogen-bond donors (Lipinski definition) is 1. The van der Waals surface area contributed by atoms with Gasteiger partial charge in [0.05, 0.1) is 22.2 Å². The summed E-state index contributed by atoms with van der Waals surface area (Å²) in [6, 6.07) is 10.5. The maximum Gasteiger partial charge on any atom is 0.316 e. The van der Waals surface area contributed by atoms with Gasteiger partial charge in [0.2, 0.25) is 0 Å². The van der Waals surface area contributed by atoms with Gasteiger partial charge < -0.3 is 24.1 Å². The molecule has 5 unspecified atom stereocenters. The van der Waals surface area contributed by atoms with Crippen molar-refractivity contribution in [3.63, 3.8) is 0 Å². The van der Waals surface area contributed by atoms with Crippen LogP contribution in [0.15, 0.2) is 36.4 Å². The summed E-state index contributed by atoms with van der Waals surface area (Å²) >= 11 is 0. The lowest BCUT2D eigenvalue weighted by atomic mass is 9.67. The third-order valence-corrected chi connectivity index (χ3v) is 14.3. The highest BCUT2D eigenvalue weighted by atomic mass is 16.6. The van der Waals surface area contributed by atoms with Crippen LogP contribution in [0, 0.1) is 51.2 Å². The minimum atomic E-state index is -0.515. The van der Waals surface area contributed by atoms with Gasteiger partial charge in [0.15, 0.2) is 0 Å². The largest absolute Gasteiger partial charge is 0.507 e. The number of carbonyl (C=O) groups is 4. The SMILES string of the molecule is CCC(C)(C)C(=O)OC(C)(C)C1CCC(C(C)(C)C)CC1.CCC(C)(C)C(=O)OC1C2CC3C(=O)OC1C3C2.CCC(C)(C)C(=O)Oc1cccc2c(O)cccc12. The van der Waals surface area contributed by atoms with E-state index >= 15 is 0 Å². The monoisotopic (exact) mass is 807 g/mol. The van der Waals surface area contributed by atoms with Gasteiger partial charge in [0.25, 0.3) is 0 Å². The topological polar surface area (TPSA) is 125 Å². The van der Waals surface area contributed by atoms with Crippen LogP contribution >= 0.6 is 0 Å². The van der Waals surface area contributed by atoms with E-state index in [1.54, 1.807) is 30.3 Å². The summed E-state index contributed by atoms with van der Waals surface area (Å²) in [7, 11) is 0. The number of benzene rings is 2. The number of hydrogen-bond acceptors (Lipinski definition) is 9. The molecule has 2 aromatic rings. The lowest BCUT2D eigenvalue weighted by Gasteiger charge is -2.43. The number of esters is 4. The predicted octanol–water partition coefficient (Wildman–Crippen LogP) is 11.4. The molecule has 1 N–H and O–H groups in total. The summed E-state index contributed by atoms with van der Waals surface area (Å²) < 4.78 is 22.4. The van der Waals surface area contributed by atoms with E-state index in [-0.39, 0.29) is 58.8 Å². The van der Waals surface area contributed by atoms with Crippen molar-refractivity contribution in [1.82, 2.24) is 0 Å². The number of phenolic OH excluding ortho intramolecular Hbond substituents is 1. The van der Waals surface area contributed by atoms with Crippen LogP contribution in [0.2, 0.25) is 0 Å². The zero-order valence-electron chi connectivity index (χ0n) is 38.1. The van der Waals surface area contributed by atoms with Crippen molar-refractivity contribution in [2.24, 2.45) is 51.2 Å². The second-order valence-corrected chi connectivity index (χ2v) is 20.9. The Labute approximate surface area is 348 Å². The summed E-state index contributed by atoms with van der Waals surface area (Å²) in [5.74, 6) is 2.11. The van der Waals surface area contributed by atoms with Crippen LogP contribution in [0.4, 0.5) is 0 Å². The summed E-state index contributed by atoms with van der Waals surface area (Å²) in [5, 5.41) is 11.2. The lowest BCUT2D eigenvalue weighted by molar-refractivity contribution is -0.174. The average Bonchev–Trinajstić information content (AvgIpc) is 3.81. The number of ether oxygens (including phenoxy) is 4. The molecule has 324 valence electrons. The summed E-state index contributed by atoms with van der Waals surface area (Å²) in [6.45, 7) is 28.6. The quantitative estimate of drug-likeness (QED) is 0.142. The van der Waals surface area contributed by atoms with Gasteiger partial charge in [0.1, 0.15) is 29.3 Å². The molecule has 6 rings (SSSR count). The molecule has 0 spiro atoms. The molecule has 4 aliphatic rings. The average molecular weight is 807 g/mol. The predicted molar refractivity (Wildman–Crippen MR) is 228 cm³/mol. The zero-order valence-corrected chi connectivity index (χ0v) is 38.1. The van der Waals surface area contributed by atoms with Gasteiger partial charge in [-0.2, -0.15) is 0 Å². The Bertz CT molecular complexity index is 1770. The second kappa shape index (κ2) is 17.9. The van der Waals surface area contributed by atoms with Crippen molar-refractivity contribution in [2.75, 3.05) is 0 Å². The Morgan fingerprint density at radius 1 is 0.690 bits per heavy atom. The number of phenols is 1. The van der Waals surface area contributed by atoms with E-state index in [1.807, 2.05) is 68.4 Å². The van der Waals surface area contributed by atoms with Gasteiger partial charge in [0, 0.05) is 22.6 Å². The van der Waals surface area contributed by atoms with Crippen LogP contribution in [0.5, 0.6) is 11.5 Å². The molecule has 2 bridgehead atoms. The number of aromatic hydroxyl groups is 1. The summed E-state index contributed by atoms with van der Waals surface area (Å²) in [4.78, 5) is 48.2. The van der Waals surface area contributed by atoms with E-state index in [9.17, 15) is 24.3 Å². The Morgan fingerprint density at radius 2 is 1.21 bits per heavy atom. The first kappa shape index (κ1) is 47.1. The summed E-state index contributed by atoms with van der Waals surface area (Å²) in [6.07, 6.45) is 8.59. The lowest BCUT2D eigenvalue weighted by Crippen LogP contribution is -2.43. The molecule has 9 nitrogen and oxygen atoms in total. The molecular weight excluding hydrogens is 733 g/mol. The van der Waals surface area contributed by atoms with E-state index in [4.69, 9.17) is 18.9 Å². The van der Waals surface area contributed by atoms with Gasteiger partial charge in [-0.25, -0.2) is 0 Å². The zero-order chi connectivity index (χ0) is 43.6. The standard InChI is InChI=1S/C19H36O2.C16H18O3.C14H20O4/c1-9-18(5,6)16(20)21-19(7,8)15-12-10-14(11-13-15)17(2,3)4;1-4-16(2,3)15(18)19-14-10-6-7-11-12(14)8-5-9-13(11)17;1-4-14(2,3)13(16)18-10-7-5-8-9(6-7)12(15)17-11(8)10/h14-15H,9-13H2,1-8H3;5-10,17H,4H2,1-3H3;7-11H,4-6H2,1-3H3. The van der Waals surface area contributed by atoms with Crippen molar-refractivity contribution in [1.29, 1.82) is 0 Å². The van der Waals surface area contributed by atoms with Crippen molar-refractivity contribution in [3.8, 4) is 11.5 Å². The van der Waals surface area contributed by atoms with Crippen LogP contribution in [-0.2, 0) is 33.4 Å². The fourth-order valence-electron chi connectivity index (χ4n) is 8.49. The van der Waals surface area contributed by atoms with Crippen molar-refractivity contribution in [2.45, 2.75) is 173 Å². The van der Waals surface area contributed by atoms with E-state index in [0.29, 0.717) is 40.7 Å². The second-order valence-electron chi connectivity index (χ2n) is 20.9. The first-order valence-corrected chi connectivity index (χ1v) is 21.9. The molecule has 3 saturated carbocycles. The molecule has 58 heavy (non-hydrogen) atoms. The fraction of sp³-hybridized carbons (Fsp3) is 0.714. The molecule has 0 radical (unpaired) electrons. The van der Waals surface area contributed by atoms with Gasteiger partial charge in [-0.3, -0.25) is 19.2 Å². The molecule has 1 heterocycles. The fourth-order valence-corrected chi connectivity index (χ4v) is 8.49. The van der Waals surface area contributed by atoms with Crippen LogP contribution in [0.1, 0.15) is 155 Å². The van der Waals surface area contributed by atoms with Gasteiger partial charge >= 0.3 is 23.9 Å². The molecule has 3 aliphatic carbocycles. The maximum absolute atomic E-state index is 12.4. The van der Waals surface area contributed by atoms with Crippen LogP contribution in [-0.4, -0.2) is 46.8 Å². The Balaban J connectivity index is 0.000000193. The summed E-state index contributed by atoms with van der Waals surface area (Å²) in [5.41, 5.74) is -1.29. The van der Waals surface area contributed by atoms with Crippen molar-refractivity contribution >= 4 is 34.6 Å². The van der Waals surface area contributed by atoms with Crippen LogP contribution < -0.4 is 4.74 Å². The van der Waals surface area contributed by atoms with E-state index in [2.05, 4.69) is 34.6 Å². The highest BCUT2D eigenvalue weighted by Gasteiger charge is 2.63. The minimum absolute atomic E-state index is 0.0482. The molecule has 4 fully saturated rings. The molecule has 9 heteroatoms. The van der Waals surface area contributed by atoms with Gasteiger partial charge in [-0.05, 0) is 143 Å². The number of rotatable bonds is 10. The van der Waals surface area contributed by atoms with E-state index in [0.717, 1.165) is 37.0 Å². The maximum atomic E-state index is 12.4. The normalized spacial score (nSPS) is 25.5. The van der Waals surface area contributed by atoms with Gasteiger partial charge in [-0.15, -0.1) is 0 Å². The first-order valence-electron chi connectivity index (χ1n) is 21.9. The molecule has 1 saturated heterocycles. The number of carbonyl (C=O) groups excluding carboxylic acids is 4. The van der Waals surface area contributed by atoms with Crippen molar-refractivity contribution < 1.29 is 43.2 Å². The molecule has 5 atom stereocenters. The van der Waals surface area contributed by atoms with Crippen molar-refractivity contribution in [3.05, 3.63) is 36.4 Å². The molecule has 0 amide bonds. The third kappa shape index (κ3) is 10.6. The Morgan fingerprint density at radius 3 is 1.78 bits per heavy atom. The van der Waals surface area contributed by atoms with Crippen LogP contribution in [0.25, 0.3) is 10.8 Å². The first-order chi connectivity index (χ1) is 26.8. The van der Waals surface area contributed by atoms with Gasteiger partial charge in [-0.1, -0.05) is 65.8 Å². The Hall–Kier alpha value is -3.62. The highest BCUT2D eigenvalue weighted by molar-refractivity contribution is 5.94. The smallest absolute Gasteiger partial charge is 0.316 e. The Kier molecular flexibility index (Phi) is 14.5. The molecule has 2 aromatic carbocycles. The molecular formula is C49H74O9. The highest BCUT2D eigenvalue weighted by Crippen LogP contribution is 2.55. The van der Waals surface area contributed by atoms with Crippen LogP contribution in [0.3, 0.4) is 0 Å². The van der Waals surface area contributed by atoms with E-state index in [1.165, 1.54) is 25.7 Å². The molecule has 0 aromatic heterocycles. The van der Waals surface area contributed by atoms with E-state index < -0.39 is 10.8 Å².